The highest BCUT2D eigenvalue weighted by atomic mass is 16.3. The van der Waals surface area contributed by atoms with Gasteiger partial charge >= 0.3 is 6.03 Å². The first-order valence-corrected chi connectivity index (χ1v) is 10.1. The maximum absolute atomic E-state index is 12.4. The van der Waals surface area contributed by atoms with Gasteiger partial charge in [-0.25, -0.2) is 4.79 Å². The van der Waals surface area contributed by atoms with Gasteiger partial charge in [0.1, 0.15) is 5.76 Å². The van der Waals surface area contributed by atoms with Gasteiger partial charge in [-0.2, -0.15) is 0 Å². The Hall–Kier alpha value is -2.35. The average Bonchev–Trinajstić information content (AvgIpc) is 3.33. The molecule has 0 aromatic carbocycles. The number of imide groups is 1. The van der Waals surface area contributed by atoms with Crippen LogP contribution < -0.4 is 16.0 Å². The van der Waals surface area contributed by atoms with Gasteiger partial charge in [0.2, 0.25) is 5.91 Å². The van der Waals surface area contributed by atoms with Crippen LogP contribution in [0.15, 0.2) is 16.5 Å². The molecule has 0 spiro atoms. The van der Waals surface area contributed by atoms with Crippen LogP contribution in [0, 0.1) is 6.92 Å². The number of carbonyl (C=O) groups excluding carboxylic acids is 3. The van der Waals surface area contributed by atoms with Crippen LogP contribution in [0.2, 0.25) is 0 Å². The predicted molar refractivity (Wildman–Crippen MR) is 104 cm³/mol. The van der Waals surface area contributed by atoms with Gasteiger partial charge in [-0.3, -0.25) is 19.8 Å². The zero-order chi connectivity index (χ0) is 20.1. The summed E-state index contributed by atoms with van der Waals surface area (Å²) in [7, 11) is 0. The summed E-state index contributed by atoms with van der Waals surface area (Å²) in [4.78, 5) is 38.6. The van der Waals surface area contributed by atoms with Crippen molar-refractivity contribution in [2.45, 2.75) is 70.5 Å². The van der Waals surface area contributed by atoms with Crippen molar-refractivity contribution in [3.05, 3.63) is 23.7 Å². The van der Waals surface area contributed by atoms with E-state index < -0.39 is 12.1 Å². The van der Waals surface area contributed by atoms with E-state index >= 15 is 0 Å². The van der Waals surface area contributed by atoms with Gasteiger partial charge in [-0.1, -0.05) is 12.8 Å². The van der Waals surface area contributed by atoms with Crippen molar-refractivity contribution in [3.63, 3.8) is 0 Å². The van der Waals surface area contributed by atoms with E-state index in [-0.39, 0.29) is 23.9 Å². The second-order valence-corrected chi connectivity index (χ2v) is 7.81. The predicted octanol–water partition coefficient (Wildman–Crippen LogP) is 1.94. The van der Waals surface area contributed by atoms with Crippen LogP contribution in [0.25, 0.3) is 0 Å². The van der Waals surface area contributed by atoms with E-state index in [1.54, 1.807) is 19.1 Å². The summed E-state index contributed by atoms with van der Waals surface area (Å²) in [5.41, 5.74) is 0. The van der Waals surface area contributed by atoms with Crippen molar-refractivity contribution >= 4 is 17.8 Å². The molecule has 0 radical (unpaired) electrons. The van der Waals surface area contributed by atoms with Crippen LogP contribution in [0.1, 0.15) is 61.8 Å². The van der Waals surface area contributed by atoms with Gasteiger partial charge in [-0.05, 0) is 51.7 Å². The van der Waals surface area contributed by atoms with E-state index in [4.69, 9.17) is 4.42 Å². The molecule has 1 aliphatic heterocycles. The number of rotatable bonds is 5. The maximum Gasteiger partial charge on any atom is 0.321 e. The number of amides is 4. The third-order valence-corrected chi connectivity index (χ3v) is 5.68. The van der Waals surface area contributed by atoms with Crippen LogP contribution >= 0.6 is 0 Å². The van der Waals surface area contributed by atoms with E-state index in [9.17, 15) is 14.4 Å². The number of nitrogens with zero attached hydrogens (tertiary/aromatic N) is 1. The van der Waals surface area contributed by atoms with Crippen LogP contribution in [0.5, 0.6) is 0 Å². The SMILES string of the molecule is Cc1ccc(C(=O)NC2CCN(C(C)C(=O)NC(=O)NC3CCCC3)CC2)o1. The molecule has 3 rings (SSSR count). The molecule has 1 unspecified atom stereocenters. The van der Waals surface area contributed by atoms with Crippen molar-refractivity contribution < 1.29 is 18.8 Å². The Morgan fingerprint density at radius 1 is 1.04 bits per heavy atom. The molecule has 1 saturated heterocycles. The smallest absolute Gasteiger partial charge is 0.321 e. The normalized spacial score (nSPS) is 19.9. The third-order valence-electron chi connectivity index (χ3n) is 5.68. The summed E-state index contributed by atoms with van der Waals surface area (Å²) >= 11 is 0. The molecule has 1 aromatic rings. The average molecular weight is 390 g/mol. The number of hydrogen-bond donors (Lipinski definition) is 3. The fraction of sp³-hybridized carbons (Fsp3) is 0.650. The number of piperidine rings is 1. The van der Waals surface area contributed by atoms with Gasteiger partial charge in [-0.15, -0.1) is 0 Å². The maximum atomic E-state index is 12.4. The molecule has 4 amide bonds. The molecule has 154 valence electrons. The monoisotopic (exact) mass is 390 g/mol. The van der Waals surface area contributed by atoms with E-state index in [1.807, 2.05) is 11.8 Å². The minimum Gasteiger partial charge on any atom is -0.456 e. The first kappa shape index (κ1) is 20.4. The number of furan rings is 1. The van der Waals surface area contributed by atoms with E-state index in [0.29, 0.717) is 24.6 Å². The molecule has 0 bridgehead atoms. The molecule has 3 N–H and O–H groups in total. The van der Waals surface area contributed by atoms with Crippen LogP contribution in [-0.4, -0.2) is 54.0 Å². The number of aryl methyl sites for hydroxylation is 1. The van der Waals surface area contributed by atoms with E-state index in [0.717, 1.165) is 38.5 Å². The van der Waals surface area contributed by atoms with Crippen molar-refractivity contribution in [2.24, 2.45) is 0 Å². The quantitative estimate of drug-likeness (QED) is 0.713. The fourth-order valence-electron chi connectivity index (χ4n) is 3.92. The second-order valence-electron chi connectivity index (χ2n) is 7.81. The molecule has 2 fully saturated rings. The third kappa shape index (κ3) is 5.34. The highest BCUT2D eigenvalue weighted by molar-refractivity contribution is 5.97. The van der Waals surface area contributed by atoms with E-state index in [2.05, 4.69) is 16.0 Å². The number of nitrogens with one attached hydrogen (secondary N) is 3. The Bertz CT molecular complexity index is 703. The van der Waals surface area contributed by atoms with Gasteiger partial charge in [0, 0.05) is 25.2 Å². The first-order valence-electron chi connectivity index (χ1n) is 10.1. The molecule has 1 aliphatic carbocycles. The van der Waals surface area contributed by atoms with Crippen LogP contribution in [-0.2, 0) is 4.79 Å². The molecule has 2 heterocycles. The topological polar surface area (TPSA) is 104 Å². The van der Waals surface area contributed by atoms with Crippen LogP contribution in [0.4, 0.5) is 4.79 Å². The Morgan fingerprint density at radius 3 is 2.29 bits per heavy atom. The summed E-state index contributed by atoms with van der Waals surface area (Å²) in [5, 5.41) is 8.31. The summed E-state index contributed by atoms with van der Waals surface area (Å²) in [6.45, 7) is 4.97. The highest BCUT2D eigenvalue weighted by Crippen LogP contribution is 2.18. The first-order chi connectivity index (χ1) is 13.4. The molecule has 8 heteroatoms. The molecule has 1 atom stereocenters. The lowest BCUT2D eigenvalue weighted by Crippen LogP contribution is -2.54. The number of urea groups is 1. The lowest BCUT2D eigenvalue weighted by molar-refractivity contribution is -0.125. The minimum absolute atomic E-state index is 0.0510. The van der Waals surface area contributed by atoms with Crippen molar-refractivity contribution in [3.8, 4) is 0 Å². The molecule has 2 aliphatic rings. The largest absolute Gasteiger partial charge is 0.456 e. The number of carbonyl (C=O) groups is 3. The van der Waals surface area contributed by atoms with Gasteiger partial charge in [0.25, 0.3) is 5.91 Å². The van der Waals surface area contributed by atoms with Gasteiger partial charge < -0.3 is 15.1 Å². The zero-order valence-electron chi connectivity index (χ0n) is 16.6. The Morgan fingerprint density at radius 2 is 1.68 bits per heavy atom. The Kier molecular flexibility index (Phi) is 6.72. The number of likely N-dealkylation sites (tertiary alicyclic amines) is 1. The summed E-state index contributed by atoms with van der Waals surface area (Å²) < 4.78 is 5.35. The highest BCUT2D eigenvalue weighted by Gasteiger charge is 2.29. The minimum atomic E-state index is -0.403. The number of hydrogen-bond acceptors (Lipinski definition) is 5. The fourth-order valence-corrected chi connectivity index (χ4v) is 3.92. The Balaban J connectivity index is 1.40. The molecule has 8 nitrogen and oxygen atoms in total. The molecule has 1 saturated carbocycles. The van der Waals surface area contributed by atoms with Crippen molar-refractivity contribution in [2.75, 3.05) is 13.1 Å². The summed E-state index contributed by atoms with van der Waals surface area (Å²) in [6, 6.07) is 2.87. The van der Waals surface area contributed by atoms with Crippen molar-refractivity contribution in [1.29, 1.82) is 0 Å². The summed E-state index contributed by atoms with van der Waals surface area (Å²) in [6.07, 6.45) is 5.71. The standard InChI is InChI=1S/C20H30N4O4/c1-13-7-8-17(28-13)19(26)21-16-9-11-24(12-10-16)14(2)18(25)23-20(27)22-15-5-3-4-6-15/h7-8,14-16H,3-6,9-12H2,1-2H3,(H,21,26)(H2,22,23,25,27). The van der Waals surface area contributed by atoms with Crippen molar-refractivity contribution in [1.82, 2.24) is 20.9 Å². The molecule has 28 heavy (non-hydrogen) atoms. The zero-order valence-corrected chi connectivity index (χ0v) is 16.6. The molecular formula is C20H30N4O4. The second kappa shape index (κ2) is 9.23. The van der Waals surface area contributed by atoms with Gasteiger partial charge in [0.05, 0.1) is 6.04 Å². The molecular weight excluding hydrogens is 360 g/mol. The van der Waals surface area contributed by atoms with Crippen LogP contribution in [0.3, 0.4) is 0 Å². The van der Waals surface area contributed by atoms with E-state index in [1.165, 1.54) is 0 Å². The van der Waals surface area contributed by atoms with Gasteiger partial charge in [0.15, 0.2) is 5.76 Å². The molecule has 1 aromatic heterocycles. The lowest BCUT2D eigenvalue weighted by atomic mass is 10.0. The lowest BCUT2D eigenvalue weighted by Gasteiger charge is -2.35. The Labute approximate surface area is 165 Å². The summed E-state index contributed by atoms with van der Waals surface area (Å²) in [5.74, 6) is 0.530.